The van der Waals surface area contributed by atoms with Crippen LogP contribution in [0.1, 0.15) is 0 Å². The van der Waals surface area contributed by atoms with Crippen LogP contribution in [-0.2, 0) is 21.2 Å². The second kappa shape index (κ2) is 42.3. The average Bonchev–Trinajstić information content (AvgIpc) is 3.17. The first-order valence-corrected chi connectivity index (χ1v) is 11.6. The quantitative estimate of drug-likeness (QED) is 0.0524. The van der Waals surface area contributed by atoms with Crippen molar-refractivity contribution in [1.29, 1.82) is 5.53 Å². The van der Waals surface area contributed by atoms with E-state index in [-0.39, 0.29) is 0 Å². The monoisotopic (exact) mass is 837 g/mol. The molecule has 52 nitrogen and oxygen atoms in total. The Hall–Kier alpha value is -9.74. The number of nitrogens with one attached hydrogen (secondary N) is 1. The van der Waals surface area contributed by atoms with Gasteiger partial charge in [-0.25, -0.2) is 0 Å². The van der Waals surface area contributed by atoms with E-state index in [1.54, 1.807) is 0 Å². The molecular weight excluding hydrogens is 837 g/mol. The molecule has 0 heterocycles. The molecule has 0 radical (unpaired) electrons. The van der Waals surface area contributed by atoms with Crippen molar-refractivity contribution in [1.82, 2.24) is 0 Å². The molecule has 0 aliphatic rings. The van der Waals surface area contributed by atoms with Gasteiger partial charge in [0.05, 0.1) is 0 Å². The van der Waals surface area contributed by atoms with Crippen LogP contribution in [0.15, 0.2) is 260 Å². The molecule has 272 valence electrons. The Labute approximate surface area is 286 Å². The fourth-order valence-corrected chi connectivity index (χ4v) is 0.986. The maximum atomic E-state index is 9.93. The van der Waals surface area contributed by atoms with Crippen LogP contribution in [0.4, 0.5) is 0 Å². The Morgan fingerprint density at radius 3 is 0.415 bits per heavy atom. The molecule has 0 aliphatic carbocycles. The molecule has 0 aromatic heterocycles. The first-order chi connectivity index (χ1) is 26.4. The van der Waals surface area contributed by atoms with E-state index in [1.807, 2.05) is 0 Å². The van der Waals surface area contributed by atoms with Crippen LogP contribution in [0.3, 0.4) is 0 Å². The normalized spacial score (nSPS) is 15.2. The van der Waals surface area contributed by atoms with Crippen LogP contribution in [0.5, 0.6) is 0 Å². The van der Waals surface area contributed by atoms with Crippen molar-refractivity contribution in [2.45, 2.75) is 0 Å². The summed E-state index contributed by atoms with van der Waals surface area (Å²) < 4.78 is 12.9. The fourth-order valence-electron chi connectivity index (χ4n) is 0.867. The van der Waals surface area contributed by atoms with E-state index in [4.69, 9.17) is 5.53 Å². The zero-order valence-corrected chi connectivity index (χ0v) is 25.1. The van der Waals surface area contributed by atoms with Crippen molar-refractivity contribution in [3.05, 3.63) is 0 Å². The summed E-state index contributed by atoms with van der Waals surface area (Å²) in [6.45, 7) is 0. The molecule has 0 aromatic rings. The second-order valence-corrected chi connectivity index (χ2v) is 5.11. The summed E-state index contributed by atoms with van der Waals surface area (Å²) in [5.41, 5.74) is 6.25. The predicted octanol–water partition coefficient (Wildman–Crippen LogP) is 9.36. The maximum absolute atomic E-state index is 9.93. The molecular formula is HN51OPd. The van der Waals surface area contributed by atoms with E-state index in [1.165, 1.54) is 0 Å². The van der Waals surface area contributed by atoms with Gasteiger partial charge in [0, 0.05) is 157 Å². The predicted molar refractivity (Wildman–Crippen MR) is 125 cm³/mol. The molecule has 53 heavy (non-hydrogen) atoms. The molecule has 0 rings (SSSR count). The Bertz CT molecular complexity index is 1750. The van der Waals surface area contributed by atoms with E-state index in [2.05, 4.69) is 260 Å². The summed E-state index contributed by atoms with van der Waals surface area (Å²) in [4.78, 5) is 0. The van der Waals surface area contributed by atoms with E-state index in [9.17, 15) is 3.47 Å². The third-order valence-electron chi connectivity index (χ3n) is 1.98. The standard InChI is InChI=1S/HN51.O.Pd/c1-3-5-7-9-11-13-15-17-19-21-23-25-27-29-31-33-35-37-39-41-43-45-47-49-51-50-48-46-44-42-40-38-36-34-32-30-28-26-24-22-20-18-16-14-12-10-8-6-4-2;;/h1H;;/b3-1?,6-4+,7-5+,10-8+,11-9+,14-12+,15-13+,18-16+,19-17+,22-20+,23-21+,26-24+,27-25+,30-28+,31-29+,34-32+,35-33+,38-36+,39-37+,42-40+,43-41+,46-44+,47-45+,50-48+,51-49+;;. The SMILES string of the molecule is N=N/N=N/N=N/N=N/N=N/N=N/N=N/N=N/N=N/N=N/N=N/N=N/N=N/N=N/N=N/N=N/N=N/N=N/N=N/N=N/N=N/N=N/N=N/N=N/N=N/[N]=[Pd]=[O]. The molecule has 0 aromatic carbocycles. The van der Waals surface area contributed by atoms with Crippen molar-refractivity contribution in [2.24, 2.45) is 260 Å². The Morgan fingerprint density at radius 1 is 0.189 bits per heavy atom. The van der Waals surface area contributed by atoms with Crippen molar-refractivity contribution in [3.8, 4) is 0 Å². The minimum absolute atomic E-state index is 1.19. The third-order valence-corrected chi connectivity index (χ3v) is 2.24. The summed E-state index contributed by atoms with van der Waals surface area (Å²) >= 11 is -1.19. The zero-order chi connectivity index (χ0) is 38.1. The van der Waals surface area contributed by atoms with Crippen molar-refractivity contribution in [2.75, 3.05) is 0 Å². The van der Waals surface area contributed by atoms with Gasteiger partial charge in [-0.05, 0) is 41.8 Å². The number of hydrogen-bond acceptors (Lipinski definition) is 3. The molecule has 0 spiro atoms. The van der Waals surface area contributed by atoms with Crippen molar-refractivity contribution >= 4 is 0 Å². The van der Waals surface area contributed by atoms with Gasteiger partial charge in [0.1, 0.15) is 0 Å². The molecule has 0 saturated heterocycles. The molecule has 0 atom stereocenters. The minimum atomic E-state index is -1.19. The Kier molecular flexibility index (Phi) is 34.5. The first-order valence-electron chi connectivity index (χ1n) is 10.3. The van der Waals surface area contributed by atoms with E-state index in [0.717, 1.165) is 0 Å². The Balaban J connectivity index is 4.06. The molecule has 0 aliphatic heterocycles. The summed E-state index contributed by atoms with van der Waals surface area (Å²) in [5.74, 6) is 0. The van der Waals surface area contributed by atoms with Gasteiger partial charge < -0.3 is 0 Å². The average molecular weight is 838 g/mol. The second-order valence-electron chi connectivity index (χ2n) is 4.51. The molecule has 0 saturated carbocycles. The van der Waals surface area contributed by atoms with Gasteiger partial charge in [0.15, 0.2) is 0 Å². The summed E-state index contributed by atoms with van der Waals surface area (Å²) in [5, 5.41) is 145. The molecule has 0 bridgehead atoms. The van der Waals surface area contributed by atoms with Crippen LogP contribution in [0.25, 0.3) is 0 Å². The van der Waals surface area contributed by atoms with Crippen LogP contribution < -0.4 is 0 Å². The molecule has 0 unspecified atom stereocenters. The van der Waals surface area contributed by atoms with E-state index in [0.29, 0.717) is 0 Å². The van der Waals surface area contributed by atoms with Gasteiger partial charge in [-0.15, -0.1) is 0 Å². The van der Waals surface area contributed by atoms with Gasteiger partial charge in [-0.3, -0.25) is 0 Å². The number of rotatable bonds is 25. The van der Waals surface area contributed by atoms with Gasteiger partial charge in [-0.2, -0.15) is 5.53 Å². The van der Waals surface area contributed by atoms with Crippen molar-refractivity contribution in [3.63, 3.8) is 0 Å². The zero-order valence-electron chi connectivity index (χ0n) is 23.6. The number of nitrogens with zero attached hydrogens (tertiary/aromatic N) is 50. The van der Waals surface area contributed by atoms with Gasteiger partial charge in [0.25, 0.3) is 0 Å². The first kappa shape index (κ1) is 43.3. The van der Waals surface area contributed by atoms with Crippen LogP contribution in [-0.4, -0.2) is 0 Å². The molecule has 0 fully saturated rings. The van der Waals surface area contributed by atoms with Gasteiger partial charge >= 0.3 is 82.4 Å². The van der Waals surface area contributed by atoms with Crippen LogP contribution in [0, 0.1) is 5.53 Å². The van der Waals surface area contributed by atoms with E-state index < -0.39 is 17.8 Å². The van der Waals surface area contributed by atoms with Gasteiger partial charge in [-0.1, -0.05) is 0 Å². The number of hydrogen-bond donors (Lipinski definition) is 1. The molecule has 53 heteroatoms. The topological polar surface area (TPSA) is 659 Å². The van der Waals surface area contributed by atoms with E-state index >= 15 is 0 Å². The summed E-state index contributed by atoms with van der Waals surface area (Å²) in [6.07, 6.45) is 0. The molecule has 1 N–H and O–H groups in total. The van der Waals surface area contributed by atoms with Crippen LogP contribution >= 0.6 is 0 Å². The molecule has 0 amide bonds. The summed E-state index contributed by atoms with van der Waals surface area (Å²) in [6, 6.07) is 0. The Morgan fingerprint density at radius 2 is 0.302 bits per heavy atom. The fraction of sp³-hybridized carbons (Fsp3) is 0. The van der Waals surface area contributed by atoms with Gasteiger partial charge in [0.2, 0.25) is 0 Å². The van der Waals surface area contributed by atoms with Crippen LogP contribution in [0.2, 0.25) is 0 Å². The van der Waals surface area contributed by atoms with Crippen molar-refractivity contribution < 1.29 is 21.2 Å². The summed E-state index contributed by atoms with van der Waals surface area (Å²) in [7, 11) is 0. The third kappa shape index (κ3) is 42.3.